The Morgan fingerprint density at radius 3 is 3.17 bits per heavy atom. The maximum Gasteiger partial charge on any atom is 0.224 e. The van der Waals surface area contributed by atoms with Crippen LogP contribution in [-0.2, 0) is 13.1 Å². The summed E-state index contributed by atoms with van der Waals surface area (Å²) in [4.78, 5) is 16.3. The van der Waals surface area contributed by atoms with Crippen molar-refractivity contribution in [3.8, 4) is 0 Å². The highest BCUT2D eigenvalue weighted by Gasteiger charge is 2.22. The second-order valence-electron chi connectivity index (χ2n) is 4.26. The molecule has 0 unspecified atom stereocenters. The lowest BCUT2D eigenvalue weighted by atomic mass is 10.0. The van der Waals surface area contributed by atoms with E-state index in [1.807, 2.05) is 34.5 Å². The van der Waals surface area contributed by atoms with Gasteiger partial charge in [0.25, 0.3) is 0 Å². The fraction of sp³-hybridized carbons (Fsp3) is 0.308. The van der Waals surface area contributed by atoms with Crippen molar-refractivity contribution in [1.82, 2.24) is 19.3 Å². The number of allylic oxidation sites excluding steroid dienone is 1. The molecule has 5 heteroatoms. The number of hydrogen-bond donors (Lipinski definition) is 0. The van der Waals surface area contributed by atoms with Crippen LogP contribution >= 0.6 is 0 Å². The number of carbonyl (C=O) groups excluding carboxylic acids is 1. The van der Waals surface area contributed by atoms with E-state index in [4.69, 9.17) is 0 Å². The maximum absolute atomic E-state index is 12.2. The summed E-state index contributed by atoms with van der Waals surface area (Å²) in [6.45, 7) is 3.65. The number of aromatic nitrogens is 4. The molecule has 0 spiro atoms. The Kier molecular flexibility index (Phi) is 2.59. The molecule has 0 saturated heterocycles. The Bertz CT molecular complexity index is 620. The van der Waals surface area contributed by atoms with E-state index < -0.39 is 0 Å². The average molecular weight is 242 g/mol. The molecule has 2 aromatic rings. The van der Waals surface area contributed by atoms with Crippen molar-refractivity contribution in [3.63, 3.8) is 0 Å². The first-order valence-corrected chi connectivity index (χ1v) is 6.08. The van der Waals surface area contributed by atoms with Gasteiger partial charge in [-0.05, 0) is 25.5 Å². The lowest BCUT2D eigenvalue weighted by molar-refractivity contribution is 0.100. The number of imidazole rings is 1. The van der Waals surface area contributed by atoms with Gasteiger partial charge < -0.3 is 4.57 Å². The molecule has 0 radical (unpaired) electrons. The van der Waals surface area contributed by atoms with Gasteiger partial charge in [0, 0.05) is 37.3 Å². The minimum Gasteiger partial charge on any atom is -0.328 e. The molecule has 0 aromatic carbocycles. The predicted molar refractivity (Wildman–Crippen MR) is 67.1 cm³/mol. The lowest BCUT2D eigenvalue weighted by Gasteiger charge is -2.15. The van der Waals surface area contributed by atoms with Crippen molar-refractivity contribution in [1.29, 1.82) is 0 Å². The Balaban J connectivity index is 1.97. The largest absolute Gasteiger partial charge is 0.328 e. The molecule has 0 saturated carbocycles. The topological polar surface area (TPSA) is 52.7 Å². The second-order valence-corrected chi connectivity index (χ2v) is 4.26. The van der Waals surface area contributed by atoms with E-state index in [9.17, 15) is 4.79 Å². The fourth-order valence-electron chi connectivity index (χ4n) is 2.24. The quantitative estimate of drug-likeness (QED) is 0.754. The molecule has 0 bridgehead atoms. The van der Waals surface area contributed by atoms with Crippen LogP contribution in [0.5, 0.6) is 0 Å². The zero-order valence-electron chi connectivity index (χ0n) is 10.2. The molecule has 2 aromatic heterocycles. The molecular weight excluding hydrogens is 228 g/mol. The van der Waals surface area contributed by atoms with Crippen molar-refractivity contribution in [2.24, 2.45) is 0 Å². The summed E-state index contributed by atoms with van der Waals surface area (Å²) in [6.07, 6.45) is 7.95. The Morgan fingerprint density at radius 2 is 2.33 bits per heavy atom. The third-order valence-corrected chi connectivity index (χ3v) is 3.20. The highest BCUT2D eigenvalue weighted by Crippen LogP contribution is 2.20. The summed E-state index contributed by atoms with van der Waals surface area (Å²) < 4.78 is 3.78. The van der Waals surface area contributed by atoms with E-state index >= 15 is 0 Å². The molecule has 5 nitrogen and oxygen atoms in total. The normalized spacial score (nSPS) is 17.2. The number of aryl methyl sites for hydroxylation is 2. The molecule has 0 amide bonds. The highest BCUT2D eigenvalue weighted by atomic mass is 16.1. The van der Waals surface area contributed by atoms with Crippen LogP contribution in [0.3, 0.4) is 0 Å². The Labute approximate surface area is 105 Å². The van der Waals surface area contributed by atoms with Crippen LogP contribution in [0.15, 0.2) is 30.2 Å². The molecule has 0 fully saturated rings. The van der Waals surface area contributed by atoms with Crippen LogP contribution in [-0.4, -0.2) is 25.1 Å². The van der Waals surface area contributed by atoms with Gasteiger partial charge in [-0.15, -0.1) is 0 Å². The summed E-state index contributed by atoms with van der Waals surface area (Å²) in [5.41, 5.74) is 1.78. The number of nitrogens with zero attached hydrogens (tertiary/aromatic N) is 4. The van der Waals surface area contributed by atoms with E-state index in [-0.39, 0.29) is 5.78 Å². The van der Waals surface area contributed by atoms with Crippen LogP contribution < -0.4 is 0 Å². The van der Waals surface area contributed by atoms with Crippen molar-refractivity contribution < 1.29 is 4.79 Å². The van der Waals surface area contributed by atoms with Gasteiger partial charge in [0.05, 0.1) is 5.69 Å². The first-order chi connectivity index (χ1) is 8.79. The Morgan fingerprint density at radius 1 is 1.44 bits per heavy atom. The first kappa shape index (κ1) is 11.0. The molecule has 18 heavy (non-hydrogen) atoms. The predicted octanol–water partition coefficient (Wildman–Crippen LogP) is 1.77. The molecule has 0 N–H and O–H groups in total. The second kappa shape index (κ2) is 4.25. The van der Waals surface area contributed by atoms with Crippen LogP contribution in [0, 0.1) is 0 Å². The Hall–Kier alpha value is -2.17. The number of carbonyl (C=O) groups is 1. The average Bonchev–Trinajstić information content (AvgIpc) is 3.01. The summed E-state index contributed by atoms with van der Waals surface area (Å²) >= 11 is 0. The molecule has 0 atom stereocenters. The van der Waals surface area contributed by atoms with Gasteiger partial charge in [0.15, 0.2) is 5.82 Å². The third-order valence-electron chi connectivity index (χ3n) is 3.20. The number of ketones is 1. The fourth-order valence-corrected chi connectivity index (χ4v) is 2.24. The zero-order chi connectivity index (χ0) is 12.5. The summed E-state index contributed by atoms with van der Waals surface area (Å²) in [6, 6.07) is 1.92. The number of rotatable bonds is 2. The summed E-state index contributed by atoms with van der Waals surface area (Å²) in [7, 11) is 0. The SMILES string of the molecule is CCn1nccc1/C=C1\CCn2ccnc2C1=O. The van der Waals surface area contributed by atoms with Gasteiger partial charge in [-0.2, -0.15) is 5.10 Å². The van der Waals surface area contributed by atoms with Crippen molar-refractivity contribution >= 4 is 11.9 Å². The van der Waals surface area contributed by atoms with Gasteiger partial charge in [0.2, 0.25) is 5.78 Å². The van der Waals surface area contributed by atoms with Crippen LogP contribution in [0.2, 0.25) is 0 Å². The van der Waals surface area contributed by atoms with Crippen molar-refractivity contribution in [2.75, 3.05) is 0 Å². The first-order valence-electron chi connectivity index (χ1n) is 6.08. The molecule has 1 aliphatic rings. The molecule has 1 aliphatic heterocycles. The van der Waals surface area contributed by atoms with Crippen molar-refractivity contribution in [3.05, 3.63) is 41.7 Å². The van der Waals surface area contributed by atoms with E-state index in [1.54, 1.807) is 12.4 Å². The molecule has 3 rings (SSSR count). The van der Waals surface area contributed by atoms with Crippen LogP contribution in [0.25, 0.3) is 6.08 Å². The van der Waals surface area contributed by atoms with Crippen LogP contribution in [0.4, 0.5) is 0 Å². The van der Waals surface area contributed by atoms with E-state index in [2.05, 4.69) is 10.1 Å². The third kappa shape index (κ3) is 1.68. The lowest BCUT2D eigenvalue weighted by Crippen LogP contribution is -2.19. The van der Waals surface area contributed by atoms with Crippen LogP contribution in [0.1, 0.15) is 29.7 Å². The van der Waals surface area contributed by atoms with Gasteiger partial charge in [-0.3, -0.25) is 9.48 Å². The van der Waals surface area contributed by atoms with Gasteiger partial charge in [-0.1, -0.05) is 0 Å². The zero-order valence-corrected chi connectivity index (χ0v) is 10.2. The van der Waals surface area contributed by atoms with E-state index in [0.717, 1.165) is 30.8 Å². The summed E-state index contributed by atoms with van der Waals surface area (Å²) in [5, 5.41) is 4.20. The van der Waals surface area contributed by atoms with E-state index in [1.165, 1.54) is 0 Å². The monoisotopic (exact) mass is 242 g/mol. The summed E-state index contributed by atoms with van der Waals surface area (Å²) in [5.74, 6) is 0.560. The molecule has 0 aliphatic carbocycles. The number of Topliss-reactive ketones (excluding diaryl/α,β-unsaturated/α-hetero) is 1. The van der Waals surface area contributed by atoms with Crippen molar-refractivity contribution in [2.45, 2.75) is 26.4 Å². The van der Waals surface area contributed by atoms with Gasteiger partial charge in [0.1, 0.15) is 0 Å². The molecule has 92 valence electrons. The minimum absolute atomic E-state index is 0.0232. The highest BCUT2D eigenvalue weighted by molar-refractivity contribution is 6.09. The maximum atomic E-state index is 12.2. The van der Waals surface area contributed by atoms with Gasteiger partial charge in [-0.25, -0.2) is 4.98 Å². The molecule has 3 heterocycles. The van der Waals surface area contributed by atoms with Gasteiger partial charge >= 0.3 is 0 Å². The molecular formula is C13H14N4O. The number of hydrogen-bond acceptors (Lipinski definition) is 3. The smallest absolute Gasteiger partial charge is 0.224 e. The van der Waals surface area contributed by atoms with E-state index in [0.29, 0.717) is 5.82 Å². The standard InChI is InChI=1S/C13H14N4O/c1-2-17-11(3-5-15-17)9-10-4-7-16-8-6-14-13(16)12(10)18/h3,5-6,8-9H,2,4,7H2,1H3/b10-9+. The minimum atomic E-state index is 0.0232. The number of fused-ring (bicyclic) bond motifs is 1.